The van der Waals surface area contributed by atoms with Crippen LogP contribution in [0.25, 0.3) is 78.4 Å². The minimum absolute atomic E-state index is 0. The fourth-order valence-corrected chi connectivity index (χ4v) is 6.05. The third-order valence-electron chi connectivity index (χ3n) is 8.11. The topological polar surface area (TPSA) is 38.7 Å². The molecule has 0 spiro atoms. The molecule has 215 valence electrons. The summed E-state index contributed by atoms with van der Waals surface area (Å²) in [5.74, 6) is 0. The van der Waals surface area contributed by atoms with Crippen LogP contribution in [0.15, 0.2) is 146 Å². The van der Waals surface area contributed by atoms with Crippen LogP contribution in [0.4, 0.5) is 0 Å². The second kappa shape index (κ2) is 12.4. The standard InChI is InChI=1S/C24H16N2.C17H10N.Ir/c1-3-7-17(8-4-1)19-13-15-25-23-21(19)11-12-22-20(14-16-26-24(22)23)18-9-5-2-6-10-18;1-2-5-12(6-3-1)16-11-14-10-9-13-7-4-8-15(18-16)17(13)14;/h1-16H;1-5,7-11H;/q;-1;. The zero-order chi connectivity index (χ0) is 29.3. The van der Waals surface area contributed by atoms with Crippen molar-refractivity contribution in [3.8, 4) is 33.5 Å². The van der Waals surface area contributed by atoms with Crippen LogP contribution in [0, 0.1) is 6.07 Å². The Balaban J connectivity index is 0.000000150. The molecule has 0 amide bonds. The summed E-state index contributed by atoms with van der Waals surface area (Å²) in [5.41, 5.74) is 12.3. The molecule has 0 bridgehead atoms. The number of aromatic nitrogens is 3. The molecule has 4 heteroatoms. The van der Waals surface area contributed by atoms with Gasteiger partial charge in [-0.25, -0.2) is 0 Å². The summed E-state index contributed by atoms with van der Waals surface area (Å²) < 4.78 is 0. The van der Waals surface area contributed by atoms with Gasteiger partial charge in [-0.2, -0.15) is 0 Å². The molecule has 5 aromatic carbocycles. The van der Waals surface area contributed by atoms with Gasteiger partial charge in [0.05, 0.1) is 16.6 Å². The normalized spacial score (nSPS) is 11.3. The van der Waals surface area contributed by atoms with Crippen molar-refractivity contribution in [3.63, 3.8) is 0 Å². The maximum absolute atomic E-state index is 4.74. The molecule has 1 aliphatic carbocycles. The van der Waals surface area contributed by atoms with Crippen molar-refractivity contribution in [2.24, 2.45) is 0 Å². The molecule has 1 radical (unpaired) electrons. The Hall–Kier alpha value is -5.28. The molecular weight excluding hydrogens is 727 g/mol. The van der Waals surface area contributed by atoms with E-state index < -0.39 is 0 Å². The molecule has 9 rings (SSSR count). The van der Waals surface area contributed by atoms with Gasteiger partial charge in [0, 0.05) is 48.7 Å². The number of nitrogens with zero attached hydrogens (tertiary/aromatic N) is 3. The van der Waals surface area contributed by atoms with E-state index in [9.17, 15) is 0 Å². The van der Waals surface area contributed by atoms with Gasteiger partial charge in [0.1, 0.15) is 0 Å². The van der Waals surface area contributed by atoms with Crippen LogP contribution in [-0.2, 0) is 20.1 Å². The average Bonchev–Trinajstić information content (AvgIpc) is 3.53. The van der Waals surface area contributed by atoms with Gasteiger partial charge in [-0.3, -0.25) is 15.0 Å². The van der Waals surface area contributed by atoms with Crippen LogP contribution in [0.2, 0.25) is 0 Å². The van der Waals surface area contributed by atoms with Gasteiger partial charge < -0.3 is 0 Å². The van der Waals surface area contributed by atoms with E-state index in [2.05, 4.69) is 125 Å². The minimum atomic E-state index is 0. The first kappa shape index (κ1) is 28.5. The van der Waals surface area contributed by atoms with Crippen LogP contribution < -0.4 is 0 Å². The second-order valence-electron chi connectivity index (χ2n) is 10.8. The van der Waals surface area contributed by atoms with E-state index >= 15 is 0 Å². The summed E-state index contributed by atoms with van der Waals surface area (Å²) in [4.78, 5) is 14.1. The van der Waals surface area contributed by atoms with Gasteiger partial charge in [0.2, 0.25) is 0 Å². The number of hydrogen-bond donors (Lipinski definition) is 0. The molecular formula is C41H26IrN3-. The smallest absolute Gasteiger partial charge is 0.0970 e. The average molecular weight is 753 g/mol. The van der Waals surface area contributed by atoms with Gasteiger partial charge >= 0.3 is 0 Å². The van der Waals surface area contributed by atoms with E-state index in [1.807, 2.05) is 48.8 Å². The van der Waals surface area contributed by atoms with E-state index in [1.54, 1.807) is 0 Å². The summed E-state index contributed by atoms with van der Waals surface area (Å²) in [6.07, 6.45) is 8.06. The third kappa shape index (κ3) is 5.36. The molecule has 3 heterocycles. The molecule has 0 unspecified atom stereocenters. The summed E-state index contributed by atoms with van der Waals surface area (Å²) >= 11 is 0. The van der Waals surface area contributed by atoms with Crippen molar-refractivity contribution in [3.05, 3.63) is 163 Å². The molecule has 8 aromatic rings. The van der Waals surface area contributed by atoms with E-state index in [1.165, 1.54) is 38.8 Å². The molecule has 0 saturated carbocycles. The van der Waals surface area contributed by atoms with Crippen molar-refractivity contribution in [1.82, 2.24) is 15.0 Å². The largest absolute Gasteiger partial charge is 0.296 e. The maximum atomic E-state index is 4.74. The molecule has 0 N–H and O–H groups in total. The van der Waals surface area contributed by atoms with Gasteiger partial charge in [-0.05, 0) is 57.3 Å². The Kier molecular flexibility index (Phi) is 7.83. The maximum Gasteiger partial charge on any atom is 0.0970 e. The number of benzene rings is 5. The summed E-state index contributed by atoms with van der Waals surface area (Å²) in [6.45, 7) is 0. The van der Waals surface area contributed by atoms with Gasteiger partial charge in [-0.15, -0.1) is 35.9 Å². The monoisotopic (exact) mass is 753 g/mol. The minimum Gasteiger partial charge on any atom is -0.296 e. The SMILES string of the molecule is [Ir].[c-]1ccccc1-c1cc2c3c(cccc3n1)C=C2.c1ccc(-c2ccnc3c2ccc2c(-c4ccccc4)ccnc23)cc1. The summed E-state index contributed by atoms with van der Waals surface area (Å²) in [7, 11) is 0. The van der Waals surface area contributed by atoms with Crippen molar-refractivity contribution >= 4 is 44.9 Å². The van der Waals surface area contributed by atoms with Crippen molar-refractivity contribution in [2.75, 3.05) is 0 Å². The van der Waals surface area contributed by atoms with E-state index in [4.69, 9.17) is 4.98 Å². The van der Waals surface area contributed by atoms with Gasteiger partial charge in [0.15, 0.2) is 0 Å². The predicted molar refractivity (Wildman–Crippen MR) is 183 cm³/mol. The van der Waals surface area contributed by atoms with Crippen LogP contribution in [0.1, 0.15) is 11.1 Å². The second-order valence-corrected chi connectivity index (χ2v) is 10.8. The molecule has 0 fully saturated rings. The molecule has 3 nitrogen and oxygen atoms in total. The van der Waals surface area contributed by atoms with Crippen molar-refractivity contribution in [1.29, 1.82) is 0 Å². The first-order valence-electron chi connectivity index (χ1n) is 14.7. The Morgan fingerprint density at radius 3 is 1.71 bits per heavy atom. The van der Waals surface area contributed by atoms with Gasteiger partial charge in [-0.1, -0.05) is 103 Å². The fourth-order valence-electron chi connectivity index (χ4n) is 6.05. The first-order valence-corrected chi connectivity index (χ1v) is 14.7. The number of rotatable bonds is 3. The zero-order valence-electron chi connectivity index (χ0n) is 24.2. The zero-order valence-corrected chi connectivity index (χ0v) is 26.6. The van der Waals surface area contributed by atoms with Crippen molar-refractivity contribution in [2.45, 2.75) is 0 Å². The Labute approximate surface area is 275 Å². The first-order chi connectivity index (χ1) is 21.8. The molecule has 0 atom stereocenters. The number of fused-ring (bicyclic) bond motifs is 3. The Morgan fingerprint density at radius 2 is 1.11 bits per heavy atom. The Morgan fingerprint density at radius 1 is 0.511 bits per heavy atom. The molecule has 1 aliphatic rings. The predicted octanol–water partition coefficient (Wildman–Crippen LogP) is 10.3. The quantitative estimate of drug-likeness (QED) is 0.133. The summed E-state index contributed by atoms with van der Waals surface area (Å²) in [6, 6.07) is 48.9. The van der Waals surface area contributed by atoms with E-state index in [-0.39, 0.29) is 20.1 Å². The van der Waals surface area contributed by atoms with Crippen LogP contribution >= 0.6 is 0 Å². The van der Waals surface area contributed by atoms with Crippen LogP contribution in [0.5, 0.6) is 0 Å². The molecule has 45 heavy (non-hydrogen) atoms. The van der Waals surface area contributed by atoms with Gasteiger partial charge in [0.25, 0.3) is 0 Å². The summed E-state index contributed by atoms with van der Waals surface area (Å²) in [5, 5.41) is 3.52. The Bertz CT molecular complexity index is 2220. The molecule has 0 aliphatic heterocycles. The molecule has 3 aromatic heterocycles. The van der Waals surface area contributed by atoms with E-state index in [0.29, 0.717) is 0 Å². The number of hydrogen-bond acceptors (Lipinski definition) is 3. The van der Waals surface area contributed by atoms with E-state index in [0.717, 1.165) is 38.6 Å². The molecule has 0 saturated heterocycles. The van der Waals surface area contributed by atoms with Crippen LogP contribution in [-0.4, -0.2) is 15.0 Å². The number of pyridine rings is 3. The van der Waals surface area contributed by atoms with Crippen LogP contribution in [0.3, 0.4) is 0 Å². The third-order valence-corrected chi connectivity index (χ3v) is 8.11. The fraction of sp³-hybridized carbons (Fsp3) is 0. The van der Waals surface area contributed by atoms with Crippen molar-refractivity contribution < 1.29 is 20.1 Å².